The van der Waals surface area contributed by atoms with Gasteiger partial charge in [0.1, 0.15) is 29.0 Å². The third-order valence-corrected chi connectivity index (χ3v) is 2.48. The summed E-state index contributed by atoms with van der Waals surface area (Å²) in [5, 5.41) is 3.14. The average molecular weight is 260 g/mol. The molecule has 1 aromatic carbocycles. The van der Waals surface area contributed by atoms with Gasteiger partial charge in [-0.25, -0.2) is 9.97 Å². The predicted octanol–water partition coefficient (Wildman–Crippen LogP) is 2.13. The molecule has 0 spiro atoms. The van der Waals surface area contributed by atoms with Crippen molar-refractivity contribution in [3.63, 3.8) is 0 Å². The smallest absolute Gasteiger partial charge is 0.136 e. The number of aryl methyl sites for hydroxylation is 1. The number of nitrogens with two attached hydrogens (primary N) is 1. The van der Waals surface area contributed by atoms with Gasteiger partial charge in [-0.2, -0.15) is 0 Å². The standard InChI is InChI=1S/C13H16N4O2/c1-8-15-12(14)7-13(16-8)17-9-4-10(18-2)6-11(5-9)19-3/h4-7H,1-3H3,(H3,14,15,16,17). The van der Waals surface area contributed by atoms with Crippen molar-refractivity contribution in [3.8, 4) is 11.5 Å². The lowest BCUT2D eigenvalue weighted by atomic mass is 10.2. The van der Waals surface area contributed by atoms with Crippen LogP contribution in [0.15, 0.2) is 24.3 Å². The van der Waals surface area contributed by atoms with Gasteiger partial charge < -0.3 is 20.5 Å². The maximum atomic E-state index is 5.68. The third kappa shape index (κ3) is 3.25. The molecule has 6 nitrogen and oxygen atoms in total. The van der Waals surface area contributed by atoms with Crippen LogP contribution in [0.5, 0.6) is 11.5 Å². The number of nitrogens with zero attached hydrogens (tertiary/aromatic N) is 2. The Balaban J connectivity index is 2.31. The van der Waals surface area contributed by atoms with E-state index in [1.54, 1.807) is 33.3 Å². The molecular formula is C13H16N4O2. The maximum absolute atomic E-state index is 5.68. The molecule has 0 aliphatic carbocycles. The van der Waals surface area contributed by atoms with Gasteiger partial charge >= 0.3 is 0 Å². The third-order valence-electron chi connectivity index (χ3n) is 2.48. The second-order valence-corrected chi connectivity index (χ2v) is 3.95. The number of anilines is 3. The predicted molar refractivity (Wildman–Crippen MR) is 74.0 cm³/mol. The molecule has 2 aromatic rings. The van der Waals surface area contributed by atoms with Gasteiger partial charge in [0.25, 0.3) is 0 Å². The first kappa shape index (κ1) is 12.9. The highest BCUT2D eigenvalue weighted by Crippen LogP contribution is 2.27. The van der Waals surface area contributed by atoms with E-state index in [1.807, 2.05) is 12.1 Å². The monoisotopic (exact) mass is 260 g/mol. The van der Waals surface area contributed by atoms with E-state index in [-0.39, 0.29) is 0 Å². The van der Waals surface area contributed by atoms with E-state index in [4.69, 9.17) is 15.2 Å². The van der Waals surface area contributed by atoms with Gasteiger partial charge in [-0.15, -0.1) is 0 Å². The topological polar surface area (TPSA) is 82.3 Å². The number of methoxy groups -OCH3 is 2. The Labute approximate surface area is 111 Å². The number of hydrogen-bond acceptors (Lipinski definition) is 6. The molecule has 0 saturated heterocycles. The highest BCUT2D eigenvalue weighted by Gasteiger charge is 2.04. The Hall–Kier alpha value is -2.50. The van der Waals surface area contributed by atoms with Gasteiger partial charge in [0.2, 0.25) is 0 Å². The van der Waals surface area contributed by atoms with Crippen LogP contribution in [-0.2, 0) is 0 Å². The van der Waals surface area contributed by atoms with Crippen LogP contribution in [0.2, 0.25) is 0 Å². The van der Waals surface area contributed by atoms with E-state index in [0.29, 0.717) is 29.0 Å². The van der Waals surface area contributed by atoms with Crippen molar-refractivity contribution in [3.05, 3.63) is 30.1 Å². The summed E-state index contributed by atoms with van der Waals surface area (Å²) in [6.45, 7) is 1.79. The fourth-order valence-corrected chi connectivity index (χ4v) is 1.68. The summed E-state index contributed by atoms with van der Waals surface area (Å²) < 4.78 is 10.4. The zero-order valence-corrected chi connectivity index (χ0v) is 11.1. The second kappa shape index (κ2) is 5.43. The molecule has 0 aliphatic rings. The van der Waals surface area contributed by atoms with E-state index in [1.165, 1.54) is 0 Å². The first-order chi connectivity index (χ1) is 9.10. The van der Waals surface area contributed by atoms with Gasteiger partial charge in [-0.1, -0.05) is 0 Å². The summed E-state index contributed by atoms with van der Waals surface area (Å²) in [6, 6.07) is 7.15. The molecule has 2 rings (SSSR count). The second-order valence-electron chi connectivity index (χ2n) is 3.95. The quantitative estimate of drug-likeness (QED) is 0.876. The molecule has 3 N–H and O–H groups in total. The normalized spacial score (nSPS) is 10.1. The molecular weight excluding hydrogens is 244 g/mol. The highest BCUT2D eigenvalue weighted by molar-refractivity contribution is 5.62. The molecule has 0 atom stereocenters. The molecule has 0 bridgehead atoms. The number of hydrogen-bond donors (Lipinski definition) is 2. The highest BCUT2D eigenvalue weighted by atomic mass is 16.5. The SMILES string of the molecule is COc1cc(Nc2cc(N)nc(C)n2)cc(OC)c1. The summed E-state index contributed by atoms with van der Waals surface area (Å²) in [5.74, 6) is 3.05. The van der Waals surface area contributed by atoms with Crippen molar-refractivity contribution >= 4 is 17.3 Å². The first-order valence-corrected chi connectivity index (χ1v) is 5.72. The molecule has 1 heterocycles. The van der Waals surface area contributed by atoms with Crippen molar-refractivity contribution in [2.24, 2.45) is 0 Å². The average Bonchev–Trinajstić information content (AvgIpc) is 2.37. The zero-order chi connectivity index (χ0) is 13.8. The van der Waals surface area contributed by atoms with E-state index in [0.717, 1.165) is 5.69 Å². The maximum Gasteiger partial charge on any atom is 0.136 e. The number of nitrogens with one attached hydrogen (secondary N) is 1. The molecule has 1 aromatic heterocycles. The van der Waals surface area contributed by atoms with Gasteiger partial charge in [0, 0.05) is 30.0 Å². The van der Waals surface area contributed by atoms with Crippen LogP contribution in [0.4, 0.5) is 17.3 Å². The van der Waals surface area contributed by atoms with Crippen molar-refractivity contribution in [2.45, 2.75) is 6.92 Å². The minimum Gasteiger partial charge on any atom is -0.497 e. The molecule has 19 heavy (non-hydrogen) atoms. The van der Waals surface area contributed by atoms with Gasteiger partial charge in [-0.3, -0.25) is 0 Å². The van der Waals surface area contributed by atoms with Crippen molar-refractivity contribution in [1.29, 1.82) is 0 Å². The largest absolute Gasteiger partial charge is 0.497 e. The fourth-order valence-electron chi connectivity index (χ4n) is 1.68. The molecule has 0 amide bonds. The lowest BCUT2D eigenvalue weighted by Gasteiger charge is -2.10. The molecule has 100 valence electrons. The van der Waals surface area contributed by atoms with E-state index >= 15 is 0 Å². The Kier molecular flexibility index (Phi) is 3.70. The number of rotatable bonds is 4. The molecule has 0 fully saturated rings. The van der Waals surface area contributed by atoms with Crippen LogP contribution in [0.3, 0.4) is 0 Å². The summed E-state index contributed by atoms with van der Waals surface area (Å²) in [7, 11) is 3.21. The van der Waals surface area contributed by atoms with Crippen LogP contribution in [0, 0.1) is 6.92 Å². The van der Waals surface area contributed by atoms with Crippen molar-refractivity contribution in [2.75, 3.05) is 25.3 Å². The fraction of sp³-hybridized carbons (Fsp3) is 0.231. The molecule has 0 aliphatic heterocycles. The van der Waals surface area contributed by atoms with Crippen LogP contribution in [0.1, 0.15) is 5.82 Å². The zero-order valence-electron chi connectivity index (χ0n) is 11.1. The van der Waals surface area contributed by atoms with Crippen LogP contribution in [0.25, 0.3) is 0 Å². The summed E-state index contributed by atoms with van der Waals surface area (Å²) in [5.41, 5.74) is 6.48. The summed E-state index contributed by atoms with van der Waals surface area (Å²) >= 11 is 0. The van der Waals surface area contributed by atoms with E-state index in [2.05, 4.69) is 15.3 Å². The molecule has 0 radical (unpaired) electrons. The minimum absolute atomic E-state index is 0.421. The van der Waals surface area contributed by atoms with Crippen molar-refractivity contribution in [1.82, 2.24) is 9.97 Å². The summed E-state index contributed by atoms with van der Waals surface area (Å²) in [6.07, 6.45) is 0. The number of nitrogen functional groups attached to an aromatic ring is 1. The van der Waals surface area contributed by atoms with Crippen molar-refractivity contribution < 1.29 is 9.47 Å². The lowest BCUT2D eigenvalue weighted by Crippen LogP contribution is -2.01. The van der Waals surface area contributed by atoms with Crippen LogP contribution >= 0.6 is 0 Å². The number of aromatic nitrogens is 2. The molecule has 0 saturated carbocycles. The van der Waals surface area contributed by atoms with Gasteiger partial charge in [-0.05, 0) is 6.92 Å². The Morgan fingerprint density at radius 1 is 1.00 bits per heavy atom. The van der Waals surface area contributed by atoms with E-state index in [9.17, 15) is 0 Å². The van der Waals surface area contributed by atoms with Crippen LogP contribution < -0.4 is 20.5 Å². The Bertz CT molecular complexity index is 544. The Morgan fingerprint density at radius 3 is 2.16 bits per heavy atom. The number of ether oxygens (including phenoxy) is 2. The van der Waals surface area contributed by atoms with Crippen LogP contribution in [-0.4, -0.2) is 24.2 Å². The Morgan fingerprint density at radius 2 is 1.63 bits per heavy atom. The summed E-state index contributed by atoms with van der Waals surface area (Å²) in [4.78, 5) is 8.28. The molecule has 6 heteroatoms. The first-order valence-electron chi connectivity index (χ1n) is 5.72. The number of benzene rings is 1. The minimum atomic E-state index is 0.421. The van der Waals surface area contributed by atoms with Gasteiger partial charge in [0.05, 0.1) is 14.2 Å². The molecule has 0 unspecified atom stereocenters. The lowest BCUT2D eigenvalue weighted by molar-refractivity contribution is 0.395. The van der Waals surface area contributed by atoms with Gasteiger partial charge in [0.15, 0.2) is 0 Å². The van der Waals surface area contributed by atoms with E-state index < -0.39 is 0 Å².